The molecule has 0 amide bonds. The van der Waals surface area contributed by atoms with E-state index in [4.69, 9.17) is 0 Å². The van der Waals surface area contributed by atoms with E-state index in [0.29, 0.717) is 12.8 Å². The first-order chi connectivity index (χ1) is 5.11. The van der Waals surface area contributed by atoms with E-state index < -0.39 is 11.5 Å². The Morgan fingerprint density at radius 3 is 2.82 bits per heavy atom. The zero-order chi connectivity index (χ0) is 8.48. The molecule has 2 atom stereocenters. The molecule has 11 heavy (non-hydrogen) atoms. The minimum absolute atomic E-state index is 0.117. The first kappa shape index (κ1) is 8.47. The molecule has 1 rings (SSSR count). The lowest BCUT2D eigenvalue weighted by Crippen LogP contribution is -2.41. The summed E-state index contributed by atoms with van der Waals surface area (Å²) in [6.07, 6.45) is 3.15. The van der Waals surface area contributed by atoms with Crippen LogP contribution in [0.5, 0.6) is 0 Å². The lowest BCUT2D eigenvalue weighted by molar-refractivity contribution is -0.134. The molecule has 1 aliphatic carbocycles. The summed E-state index contributed by atoms with van der Waals surface area (Å²) in [7, 11) is 0. The zero-order valence-electron chi connectivity index (χ0n) is 6.84. The lowest BCUT2D eigenvalue weighted by Gasteiger charge is -2.33. The normalized spacial score (nSPS) is 38.7. The molecular formula is C9H14O2. The number of carbonyl (C=O) groups excluding carboxylic acids is 1. The van der Waals surface area contributed by atoms with Crippen molar-refractivity contribution in [2.75, 3.05) is 0 Å². The zero-order valence-corrected chi connectivity index (χ0v) is 6.84. The number of ketones is 1. The highest BCUT2D eigenvalue weighted by atomic mass is 16.3. The summed E-state index contributed by atoms with van der Waals surface area (Å²) in [5.41, 5.74) is -0.682. The fraction of sp³-hybridized carbons (Fsp3) is 0.667. The molecule has 0 aliphatic heterocycles. The third-order valence-corrected chi connectivity index (χ3v) is 2.60. The summed E-state index contributed by atoms with van der Waals surface area (Å²) >= 11 is 0. The number of carbonyl (C=O) groups is 1. The van der Waals surface area contributed by atoms with Gasteiger partial charge in [0, 0.05) is 6.42 Å². The smallest absolute Gasteiger partial charge is 0.145 e. The Balaban J connectivity index is 2.86. The minimum Gasteiger partial charge on any atom is -0.392 e. The van der Waals surface area contributed by atoms with Gasteiger partial charge in [-0.05, 0) is 19.8 Å². The third kappa shape index (κ3) is 1.23. The maximum absolute atomic E-state index is 11.3. The Hall–Kier alpha value is -0.630. The van der Waals surface area contributed by atoms with E-state index in [1.807, 2.05) is 0 Å². The van der Waals surface area contributed by atoms with Gasteiger partial charge in [0.15, 0.2) is 0 Å². The van der Waals surface area contributed by atoms with E-state index in [9.17, 15) is 9.90 Å². The standard InChI is InChI=1S/C9H14O2/c1-3-9(2)7(10)5-4-6-8(9)11/h3,7,10H,1,4-6H2,2H3/t7-,9-/m0/s1. The molecule has 1 fully saturated rings. The van der Waals surface area contributed by atoms with Crippen LogP contribution in [0.1, 0.15) is 26.2 Å². The van der Waals surface area contributed by atoms with E-state index in [-0.39, 0.29) is 5.78 Å². The van der Waals surface area contributed by atoms with Crippen molar-refractivity contribution < 1.29 is 9.90 Å². The Labute approximate surface area is 66.9 Å². The third-order valence-electron chi connectivity index (χ3n) is 2.60. The first-order valence-corrected chi connectivity index (χ1v) is 3.96. The Morgan fingerprint density at radius 1 is 1.82 bits per heavy atom. The van der Waals surface area contributed by atoms with Gasteiger partial charge in [0.1, 0.15) is 5.78 Å². The van der Waals surface area contributed by atoms with Crippen molar-refractivity contribution in [1.82, 2.24) is 0 Å². The maximum atomic E-state index is 11.3. The number of Topliss-reactive ketones (excluding diaryl/α,β-unsaturated/α-hetero) is 1. The first-order valence-electron chi connectivity index (χ1n) is 3.96. The maximum Gasteiger partial charge on any atom is 0.145 e. The Bertz CT molecular complexity index is 186. The van der Waals surface area contributed by atoms with Crippen molar-refractivity contribution in [2.45, 2.75) is 32.3 Å². The van der Waals surface area contributed by atoms with Gasteiger partial charge in [0.05, 0.1) is 11.5 Å². The molecule has 1 N–H and O–H groups in total. The highest BCUT2D eigenvalue weighted by molar-refractivity contribution is 5.87. The second-order valence-electron chi connectivity index (χ2n) is 3.32. The van der Waals surface area contributed by atoms with Gasteiger partial charge < -0.3 is 5.11 Å². The predicted molar refractivity (Wildman–Crippen MR) is 43.2 cm³/mol. The van der Waals surface area contributed by atoms with Crippen LogP contribution in [0.4, 0.5) is 0 Å². The van der Waals surface area contributed by atoms with E-state index in [1.165, 1.54) is 0 Å². The number of aliphatic hydroxyl groups excluding tert-OH is 1. The van der Waals surface area contributed by atoms with Crippen molar-refractivity contribution >= 4 is 5.78 Å². The molecule has 2 heteroatoms. The highest BCUT2D eigenvalue weighted by Crippen LogP contribution is 2.33. The van der Waals surface area contributed by atoms with Gasteiger partial charge in [-0.15, -0.1) is 6.58 Å². The average molecular weight is 154 g/mol. The van der Waals surface area contributed by atoms with Gasteiger partial charge in [-0.1, -0.05) is 6.08 Å². The number of hydrogen-bond acceptors (Lipinski definition) is 2. The van der Waals surface area contributed by atoms with Crippen LogP contribution in [0.25, 0.3) is 0 Å². The molecule has 0 aromatic carbocycles. The fourth-order valence-corrected chi connectivity index (χ4v) is 1.46. The second kappa shape index (κ2) is 2.78. The molecule has 0 bridgehead atoms. The largest absolute Gasteiger partial charge is 0.392 e. The molecule has 0 spiro atoms. The monoisotopic (exact) mass is 154 g/mol. The average Bonchev–Trinajstić information content (AvgIpc) is 2.00. The van der Waals surface area contributed by atoms with Crippen LogP contribution in [0.3, 0.4) is 0 Å². The number of hydrogen-bond donors (Lipinski definition) is 1. The van der Waals surface area contributed by atoms with E-state index in [0.717, 1.165) is 6.42 Å². The second-order valence-corrected chi connectivity index (χ2v) is 3.32. The highest BCUT2D eigenvalue weighted by Gasteiger charge is 2.39. The lowest BCUT2D eigenvalue weighted by atomic mass is 9.72. The van der Waals surface area contributed by atoms with Crippen LogP contribution in [0.2, 0.25) is 0 Å². The van der Waals surface area contributed by atoms with Crippen LogP contribution in [0, 0.1) is 5.41 Å². The van der Waals surface area contributed by atoms with Gasteiger partial charge in [0.2, 0.25) is 0 Å². The molecular weight excluding hydrogens is 140 g/mol. The van der Waals surface area contributed by atoms with Crippen molar-refractivity contribution in [1.29, 1.82) is 0 Å². The van der Waals surface area contributed by atoms with Crippen molar-refractivity contribution in [3.63, 3.8) is 0 Å². The van der Waals surface area contributed by atoms with Crippen LogP contribution in [-0.4, -0.2) is 17.0 Å². The molecule has 62 valence electrons. The van der Waals surface area contributed by atoms with Crippen LogP contribution in [0.15, 0.2) is 12.7 Å². The number of aliphatic hydroxyl groups is 1. The van der Waals surface area contributed by atoms with Crippen molar-refractivity contribution in [2.24, 2.45) is 5.41 Å². The Morgan fingerprint density at radius 2 is 2.45 bits per heavy atom. The van der Waals surface area contributed by atoms with E-state index in [2.05, 4.69) is 6.58 Å². The SMILES string of the molecule is C=C[C@]1(C)C(=O)CCC[C@@H]1O. The summed E-state index contributed by atoms with van der Waals surface area (Å²) in [6, 6.07) is 0. The van der Waals surface area contributed by atoms with E-state index >= 15 is 0 Å². The van der Waals surface area contributed by atoms with E-state index in [1.54, 1.807) is 13.0 Å². The molecule has 2 nitrogen and oxygen atoms in total. The molecule has 1 saturated carbocycles. The van der Waals surface area contributed by atoms with Crippen molar-refractivity contribution in [3.05, 3.63) is 12.7 Å². The topological polar surface area (TPSA) is 37.3 Å². The summed E-state index contributed by atoms with van der Waals surface area (Å²) < 4.78 is 0. The minimum atomic E-state index is -0.682. The van der Waals surface area contributed by atoms with Crippen LogP contribution in [-0.2, 0) is 4.79 Å². The molecule has 0 aromatic heterocycles. The summed E-state index contributed by atoms with van der Waals surface area (Å²) in [6.45, 7) is 5.33. The predicted octanol–water partition coefficient (Wildman–Crippen LogP) is 1.29. The molecule has 1 aliphatic rings. The summed E-state index contributed by atoms with van der Waals surface area (Å²) in [5.74, 6) is 0.117. The van der Waals surface area contributed by atoms with Gasteiger partial charge in [-0.25, -0.2) is 0 Å². The summed E-state index contributed by atoms with van der Waals surface area (Å²) in [4.78, 5) is 11.3. The van der Waals surface area contributed by atoms with Crippen LogP contribution < -0.4 is 0 Å². The molecule has 0 unspecified atom stereocenters. The molecule has 0 aromatic rings. The summed E-state index contributed by atoms with van der Waals surface area (Å²) in [5, 5.41) is 9.51. The molecule has 0 heterocycles. The van der Waals surface area contributed by atoms with Gasteiger partial charge in [-0.3, -0.25) is 4.79 Å². The van der Waals surface area contributed by atoms with Crippen molar-refractivity contribution in [3.8, 4) is 0 Å². The van der Waals surface area contributed by atoms with Crippen LogP contribution >= 0.6 is 0 Å². The Kier molecular flexibility index (Phi) is 2.14. The van der Waals surface area contributed by atoms with Gasteiger partial charge in [0.25, 0.3) is 0 Å². The van der Waals surface area contributed by atoms with Gasteiger partial charge in [-0.2, -0.15) is 0 Å². The fourth-order valence-electron chi connectivity index (χ4n) is 1.46. The quantitative estimate of drug-likeness (QED) is 0.578. The molecule has 0 saturated heterocycles. The number of rotatable bonds is 1. The van der Waals surface area contributed by atoms with Gasteiger partial charge >= 0.3 is 0 Å². The molecule has 0 radical (unpaired) electrons.